The zero-order chi connectivity index (χ0) is 20.7. The molecule has 6 heteroatoms. The molecular formula is C22H37N3O3. The van der Waals surface area contributed by atoms with Crippen LogP contribution in [0.25, 0.3) is 0 Å². The van der Waals surface area contributed by atoms with Crippen LogP contribution in [0.3, 0.4) is 0 Å². The molecule has 0 radical (unpaired) electrons. The Labute approximate surface area is 169 Å². The van der Waals surface area contributed by atoms with Crippen LogP contribution >= 0.6 is 0 Å². The monoisotopic (exact) mass is 391 g/mol. The summed E-state index contributed by atoms with van der Waals surface area (Å²) in [4.78, 5) is 41.7. The van der Waals surface area contributed by atoms with Gasteiger partial charge in [-0.1, -0.05) is 27.7 Å². The van der Waals surface area contributed by atoms with Crippen LogP contribution in [0.4, 0.5) is 0 Å². The van der Waals surface area contributed by atoms with Gasteiger partial charge in [-0.25, -0.2) is 0 Å². The van der Waals surface area contributed by atoms with Crippen molar-refractivity contribution in [1.82, 2.24) is 15.1 Å². The average molecular weight is 392 g/mol. The highest BCUT2D eigenvalue weighted by Gasteiger charge is 2.64. The van der Waals surface area contributed by atoms with Crippen molar-refractivity contribution in [1.29, 1.82) is 0 Å². The smallest absolute Gasteiger partial charge is 0.228 e. The second-order valence-corrected chi connectivity index (χ2v) is 10.1. The molecule has 3 aliphatic rings. The zero-order valence-electron chi connectivity index (χ0n) is 18.2. The highest BCUT2D eigenvalue weighted by atomic mass is 16.2. The average Bonchev–Trinajstić information content (AvgIpc) is 3.17. The van der Waals surface area contributed by atoms with Crippen molar-refractivity contribution in [3.63, 3.8) is 0 Å². The fraction of sp³-hybridized carbons (Fsp3) is 0.864. The van der Waals surface area contributed by atoms with E-state index in [1.807, 2.05) is 23.6 Å². The summed E-state index contributed by atoms with van der Waals surface area (Å²) in [5.74, 6) is 1.06. The summed E-state index contributed by atoms with van der Waals surface area (Å²) in [6, 6.07) is 0. The van der Waals surface area contributed by atoms with Crippen molar-refractivity contribution in [2.24, 2.45) is 28.6 Å². The van der Waals surface area contributed by atoms with Gasteiger partial charge < -0.3 is 15.1 Å². The van der Waals surface area contributed by atoms with E-state index in [4.69, 9.17) is 0 Å². The first-order valence-corrected chi connectivity index (χ1v) is 10.9. The topological polar surface area (TPSA) is 69.7 Å². The van der Waals surface area contributed by atoms with Crippen molar-refractivity contribution < 1.29 is 14.4 Å². The van der Waals surface area contributed by atoms with Crippen LogP contribution in [-0.4, -0.2) is 60.2 Å². The van der Waals surface area contributed by atoms with E-state index in [9.17, 15) is 14.4 Å². The Morgan fingerprint density at radius 3 is 2.18 bits per heavy atom. The van der Waals surface area contributed by atoms with Gasteiger partial charge in [-0.15, -0.1) is 0 Å². The van der Waals surface area contributed by atoms with E-state index in [1.165, 1.54) is 0 Å². The molecule has 0 aromatic carbocycles. The van der Waals surface area contributed by atoms with Gasteiger partial charge in [0.05, 0.1) is 5.41 Å². The van der Waals surface area contributed by atoms with Gasteiger partial charge in [-0.3, -0.25) is 14.4 Å². The van der Waals surface area contributed by atoms with E-state index in [0.717, 1.165) is 38.8 Å². The molecule has 0 unspecified atom stereocenters. The molecule has 6 nitrogen and oxygen atoms in total. The maximum atomic E-state index is 13.3. The first-order chi connectivity index (χ1) is 13.1. The number of carbonyl (C=O) groups excluding carboxylic acids is 3. The van der Waals surface area contributed by atoms with Crippen molar-refractivity contribution in [3.8, 4) is 0 Å². The molecule has 1 N–H and O–H groups in total. The molecule has 2 heterocycles. The van der Waals surface area contributed by atoms with E-state index in [0.29, 0.717) is 25.6 Å². The molecule has 0 aromatic heterocycles. The summed E-state index contributed by atoms with van der Waals surface area (Å²) in [5.41, 5.74) is -0.377. The van der Waals surface area contributed by atoms with Gasteiger partial charge in [0, 0.05) is 45.6 Å². The summed E-state index contributed by atoms with van der Waals surface area (Å²) in [7, 11) is 0. The first-order valence-electron chi connectivity index (χ1n) is 10.9. The number of nitrogens with zero attached hydrogens (tertiary/aromatic N) is 2. The van der Waals surface area contributed by atoms with Crippen molar-refractivity contribution in [3.05, 3.63) is 0 Å². The lowest BCUT2D eigenvalue weighted by molar-refractivity contribution is -0.139. The van der Waals surface area contributed by atoms with Gasteiger partial charge in [0.2, 0.25) is 17.7 Å². The van der Waals surface area contributed by atoms with Crippen LogP contribution in [-0.2, 0) is 14.4 Å². The Bertz CT molecular complexity index is 637. The standard InChI is InChI=1S/C22H37N3O3/c1-15(2)12-23-20(28)22-7-6-21(18(22)13-25(14-22)17(5)26)8-10-24(11-9-21)19(27)16(3)4/h15-16,18H,6-14H2,1-5H3,(H,23,28)/t18-,22+/m0/s1. The van der Waals surface area contributed by atoms with Crippen molar-refractivity contribution in [2.45, 2.75) is 60.3 Å². The van der Waals surface area contributed by atoms with Crippen LogP contribution in [0.15, 0.2) is 0 Å². The molecule has 0 bridgehead atoms. The largest absolute Gasteiger partial charge is 0.355 e. The Hall–Kier alpha value is -1.59. The van der Waals surface area contributed by atoms with Crippen LogP contribution in [0.1, 0.15) is 60.3 Å². The number of rotatable bonds is 4. The number of carbonyl (C=O) groups is 3. The Morgan fingerprint density at radius 2 is 1.64 bits per heavy atom. The lowest BCUT2D eigenvalue weighted by atomic mass is 9.65. The third-order valence-electron chi connectivity index (χ3n) is 7.48. The number of likely N-dealkylation sites (tertiary alicyclic amines) is 2. The minimum atomic E-state index is -0.454. The predicted octanol–water partition coefficient (Wildman–Crippen LogP) is 2.28. The zero-order valence-corrected chi connectivity index (χ0v) is 18.2. The number of nitrogens with one attached hydrogen (secondary N) is 1. The fourth-order valence-corrected chi connectivity index (χ4v) is 5.78. The van der Waals surface area contributed by atoms with Gasteiger partial charge in [-0.05, 0) is 42.9 Å². The first kappa shape index (κ1) is 21.1. The third-order valence-corrected chi connectivity index (χ3v) is 7.48. The number of fused-ring (bicyclic) bond motifs is 2. The summed E-state index contributed by atoms with van der Waals surface area (Å²) in [6.45, 7) is 13.2. The molecule has 3 rings (SSSR count). The maximum Gasteiger partial charge on any atom is 0.228 e. The molecular weight excluding hydrogens is 354 g/mol. The van der Waals surface area contributed by atoms with Crippen LogP contribution < -0.4 is 5.32 Å². The van der Waals surface area contributed by atoms with Crippen molar-refractivity contribution >= 4 is 17.7 Å². The summed E-state index contributed by atoms with van der Waals surface area (Å²) in [5, 5.41) is 3.17. The Kier molecular flexibility index (Phi) is 5.79. The van der Waals surface area contributed by atoms with E-state index in [2.05, 4.69) is 19.2 Å². The summed E-state index contributed by atoms with van der Waals surface area (Å²) in [6.07, 6.45) is 3.77. The number of hydrogen-bond donors (Lipinski definition) is 1. The molecule has 3 fully saturated rings. The second kappa shape index (κ2) is 7.68. The number of piperidine rings is 1. The Morgan fingerprint density at radius 1 is 1.00 bits per heavy atom. The number of hydrogen-bond acceptors (Lipinski definition) is 3. The summed E-state index contributed by atoms with van der Waals surface area (Å²) < 4.78 is 0. The van der Waals surface area contributed by atoms with E-state index in [1.54, 1.807) is 6.92 Å². The lowest BCUT2D eigenvalue weighted by Crippen LogP contribution is -2.50. The van der Waals surface area contributed by atoms with Crippen molar-refractivity contribution in [2.75, 3.05) is 32.7 Å². The minimum absolute atomic E-state index is 0.0261. The molecule has 158 valence electrons. The summed E-state index contributed by atoms with van der Waals surface area (Å²) >= 11 is 0. The lowest BCUT2D eigenvalue weighted by Gasteiger charge is -2.44. The molecule has 28 heavy (non-hydrogen) atoms. The van der Waals surface area contributed by atoms with E-state index in [-0.39, 0.29) is 35.0 Å². The minimum Gasteiger partial charge on any atom is -0.355 e. The fourth-order valence-electron chi connectivity index (χ4n) is 5.78. The maximum absolute atomic E-state index is 13.3. The predicted molar refractivity (Wildman–Crippen MR) is 108 cm³/mol. The molecule has 1 aliphatic carbocycles. The van der Waals surface area contributed by atoms with Crippen LogP contribution in [0.5, 0.6) is 0 Å². The quantitative estimate of drug-likeness (QED) is 0.799. The van der Waals surface area contributed by atoms with E-state index >= 15 is 0 Å². The number of amides is 3. The van der Waals surface area contributed by atoms with E-state index < -0.39 is 5.41 Å². The molecule has 1 saturated carbocycles. The van der Waals surface area contributed by atoms with Crippen LogP contribution in [0, 0.1) is 28.6 Å². The van der Waals surface area contributed by atoms with Gasteiger partial charge in [0.15, 0.2) is 0 Å². The SMILES string of the molecule is CC(=O)N1C[C@H]2C3(CCN(C(=O)C(C)C)CC3)CC[C@@]2(C(=O)NCC(C)C)C1. The molecule has 2 atom stereocenters. The Balaban J connectivity index is 1.80. The molecule has 2 saturated heterocycles. The highest BCUT2D eigenvalue weighted by molar-refractivity contribution is 5.86. The van der Waals surface area contributed by atoms with Gasteiger partial charge >= 0.3 is 0 Å². The van der Waals surface area contributed by atoms with Gasteiger partial charge in [0.25, 0.3) is 0 Å². The normalized spacial score (nSPS) is 28.9. The molecule has 3 amide bonds. The van der Waals surface area contributed by atoms with Gasteiger partial charge in [0.1, 0.15) is 0 Å². The molecule has 1 spiro atoms. The van der Waals surface area contributed by atoms with Gasteiger partial charge in [-0.2, -0.15) is 0 Å². The molecule has 0 aromatic rings. The molecule has 2 aliphatic heterocycles. The highest BCUT2D eigenvalue weighted by Crippen LogP contribution is 2.62. The third kappa shape index (κ3) is 3.55. The second-order valence-electron chi connectivity index (χ2n) is 10.1. The van der Waals surface area contributed by atoms with Crippen LogP contribution in [0.2, 0.25) is 0 Å².